The number of carbonyl (C=O) groups is 1. The molecule has 0 saturated carbocycles. The topological polar surface area (TPSA) is 107 Å². The number of aromatic nitrogens is 4. The quantitative estimate of drug-likeness (QED) is 0.199. The number of hydrogen-bond donors (Lipinski definition) is 1. The molecular weight excluding hydrogens is 448 g/mol. The summed E-state index contributed by atoms with van der Waals surface area (Å²) in [5.41, 5.74) is 1.23. The van der Waals surface area contributed by atoms with E-state index in [-0.39, 0.29) is 16.9 Å². The van der Waals surface area contributed by atoms with Crippen molar-refractivity contribution in [3.63, 3.8) is 0 Å². The summed E-state index contributed by atoms with van der Waals surface area (Å²) in [4.78, 5) is 51.1. The van der Waals surface area contributed by atoms with Gasteiger partial charge in [0.15, 0.2) is 5.16 Å². The zero-order valence-corrected chi connectivity index (χ0v) is 19.4. The number of esters is 1. The van der Waals surface area contributed by atoms with Gasteiger partial charge in [-0.1, -0.05) is 17.8 Å². The van der Waals surface area contributed by atoms with Gasteiger partial charge in [-0.15, -0.1) is 17.9 Å². The molecule has 0 saturated heterocycles. The average molecular weight is 469 g/mol. The molecule has 0 unspecified atom stereocenters. The molecule has 0 aliphatic rings. The number of carbonyl (C=O) groups excluding carboxylic acids is 1. The Hall–Kier alpha value is -3.24. The SMILES string of the molecule is C=CCn1c(SCc2nc3cc(C(=O)OC)ccc3c(=O)[nH]2)nc2sc(C)c(C)c2c1=O. The smallest absolute Gasteiger partial charge is 0.337 e. The van der Waals surface area contributed by atoms with E-state index in [1.54, 1.807) is 16.7 Å². The number of nitrogens with one attached hydrogen (secondary N) is 1. The summed E-state index contributed by atoms with van der Waals surface area (Å²) in [6.45, 7) is 7.97. The number of fused-ring (bicyclic) bond motifs is 2. The van der Waals surface area contributed by atoms with Crippen LogP contribution in [0.25, 0.3) is 21.1 Å². The highest BCUT2D eigenvalue weighted by Crippen LogP contribution is 2.29. The van der Waals surface area contributed by atoms with Crippen molar-refractivity contribution in [2.45, 2.75) is 31.3 Å². The van der Waals surface area contributed by atoms with Crippen LogP contribution in [0.2, 0.25) is 0 Å². The Morgan fingerprint density at radius 1 is 1.31 bits per heavy atom. The summed E-state index contributed by atoms with van der Waals surface area (Å²) in [5, 5.41) is 1.53. The number of ether oxygens (including phenoxy) is 1. The molecular formula is C22H20N4O4S2. The van der Waals surface area contributed by atoms with E-state index in [4.69, 9.17) is 9.72 Å². The molecule has 0 aliphatic heterocycles. The van der Waals surface area contributed by atoms with Crippen molar-refractivity contribution in [2.75, 3.05) is 7.11 Å². The van der Waals surface area contributed by atoms with Crippen LogP contribution in [-0.4, -0.2) is 32.6 Å². The summed E-state index contributed by atoms with van der Waals surface area (Å²) < 4.78 is 6.32. The molecule has 0 aliphatic carbocycles. The van der Waals surface area contributed by atoms with Crippen LogP contribution in [0.3, 0.4) is 0 Å². The van der Waals surface area contributed by atoms with E-state index >= 15 is 0 Å². The minimum atomic E-state index is -0.502. The van der Waals surface area contributed by atoms with Crippen LogP contribution in [0.1, 0.15) is 26.6 Å². The number of nitrogens with zero attached hydrogens (tertiary/aromatic N) is 3. The molecule has 10 heteroatoms. The van der Waals surface area contributed by atoms with Crippen LogP contribution in [-0.2, 0) is 17.0 Å². The molecule has 32 heavy (non-hydrogen) atoms. The number of benzene rings is 1. The third-order valence-electron chi connectivity index (χ3n) is 5.08. The average Bonchev–Trinajstić information content (AvgIpc) is 3.07. The normalized spacial score (nSPS) is 11.2. The minimum Gasteiger partial charge on any atom is -0.465 e. The second-order valence-electron chi connectivity index (χ2n) is 7.09. The first-order valence-electron chi connectivity index (χ1n) is 9.69. The highest BCUT2D eigenvalue weighted by Gasteiger charge is 2.17. The van der Waals surface area contributed by atoms with Gasteiger partial charge in [0.1, 0.15) is 10.7 Å². The first-order chi connectivity index (χ1) is 15.3. The molecule has 3 heterocycles. The molecule has 0 amide bonds. The van der Waals surface area contributed by atoms with Gasteiger partial charge in [-0.05, 0) is 37.6 Å². The van der Waals surface area contributed by atoms with E-state index in [1.165, 1.54) is 42.3 Å². The van der Waals surface area contributed by atoms with E-state index in [1.807, 2.05) is 13.8 Å². The van der Waals surface area contributed by atoms with E-state index in [2.05, 4.69) is 16.5 Å². The predicted octanol–water partition coefficient (Wildman–Crippen LogP) is 3.58. The van der Waals surface area contributed by atoms with E-state index in [0.29, 0.717) is 44.2 Å². The fraction of sp³-hybridized carbons (Fsp3) is 0.227. The number of aromatic amines is 1. The van der Waals surface area contributed by atoms with Crippen molar-refractivity contribution in [1.29, 1.82) is 0 Å². The Bertz CT molecular complexity index is 1500. The van der Waals surface area contributed by atoms with Crippen LogP contribution in [0.4, 0.5) is 0 Å². The Morgan fingerprint density at radius 2 is 2.09 bits per heavy atom. The molecule has 0 spiro atoms. The van der Waals surface area contributed by atoms with Crippen molar-refractivity contribution < 1.29 is 9.53 Å². The molecule has 0 radical (unpaired) electrons. The third-order valence-corrected chi connectivity index (χ3v) is 7.17. The molecule has 164 valence electrons. The number of allylic oxidation sites excluding steroid dienone is 1. The highest BCUT2D eigenvalue weighted by molar-refractivity contribution is 7.98. The van der Waals surface area contributed by atoms with Crippen molar-refractivity contribution in [1.82, 2.24) is 19.5 Å². The highest BCUT2D eigenvalue weighted by atomic mass is 32.2. The lowest BCUT2D eigenvalue weighted by molar-refractivity contribution is 0.0601. The van der Waals surface area contributed by atoms with Crippen LogP contribution in [0.15, 0.2) is 45.6 Å². The maximum Gasteiger partial charge on any atom is 0.337 e. The molecule has 8 nitrogen and oxygen atoms in total. The number of thiophene rings is 1. The second kappa shape index (κ2) is 8.71. The zero-order chi connectivity index (χ0) is 23.0. The number of hydrogen-bond acceptors (Lipinski definition) is 8. The van der Waals surface area contributed by atoms with Gasteiger partial charge in [-0.3, -0.25) is 14.2 Å². The molecule has 1 N–H and O–H groups in total. The van der Waals surface area contributed by atoms with Crippen LogP contribution in [0, 0.1) is 13.8 Å². The zero-order valence-electron chi connectivity index (χ0n) is 17.7. The van der Waals surface area contributed by atoms with Gasteiger partial charge in [0.2, 0.25) is 0 Å². The Kier molecular flexibility index (Phi) is 5.98. The fourth-order valence-corrected chi connectivity index (χ4v) is 5.29. The summed E-state index contributed by atoms with van der Waals surface area (Å²) in [6.07, 6.45) is 1.65. The van der Waals surface area contributed by atoms with Gasteiger partial charge in [-0.2, -0.15) is 0 Å². The molecule has 0 bridgehead atoms. The number of aryl methyl sites for hydroxylation is 2. The van der Waals surface area contributed by atoms with Crippen LogP contribution >= 0.6 is 23.1 Å². The lowest BCUT2D eigenvalue weighted by Gasteiger charge is -2.10. The first kappa shape index (κ1) is 22.0. The third kappa shape index (κ3) is 3.87. The summed E-state index contributed by atoms with van der Waals surface area (Å²) in [7, 11) is 1.29. The molecule has 4 rings (SSSR count). The summed E-state index contributed by atoms with van der Waals surface area (Å²) in [6, 6.07) is 4.60. The summed E-state index contributed by atoms with van der Waals surface area (Å²) >= 11 is 2.79. The lowest BCUT2D eigenvalue weighted by Crippen LogP contribution is -2.22. The van der Waals surface area contributed by atoms with Gasteiger partial charge in [-0.25, -0.2) is 14.8 Å². The maximum atomic E-state index is 13.1. The largest absolute Gasteiger partial charge is 0.465 e. The number of H-pyrrole nitrogens is 1. The minimum absolute atomic E-state index is 0.109. The Morgan fingerprint density at radius 3 is 2.81 bits per heavy atom. The van der Waals surface area contributed by atoms with E-state index in [9.17, 15) is 14.4 Å². The van der Waals surface area contributed by atoms with Crippen LogP contribution in [0.5, 0.6) is 0 Å². The number of thioether (sulfide) groups is 1. The van der Waals surface area contributed by atoms with Crippen LogP contribution < -0.4 is 11.1 Å². The fourth-order valence-electron chi connectivity index (χ4n) is 3.34. The first-order valence-corrected chi connectivity index (χ1v) is 11.5. The van der Waals surface area contributed by atoms with E-state index in [0.717, 1.165) is 10.4 Å². The van der Waals surface area contributed by atoms with Crippen molar-refractivity contribution in [3.8, 4) is 0 Å². The monoisotopic (exact) mass is 468 g/mol. The maximum absolute atomic E-state index is 13.1. The van der Waals surface area contributed by atoms with Crippen molar-refractivity contribution >= 4 is 50.2 Å². The Labute approximate surface area is 191 Å². The summed E-state index contributed by atoms with van der Waals surface area (Å²) in [5.74, 6) is 0.191. The van der Waals surface area contributed by atoms with Gasteiger partial charge < -0.3 is 9.72 Å². The van der Waals surface area contributed by atoms with Gasteiger partial charge >= 0.3 is 5.97 Å². The Balaban J connectivity index is 1.73. The standard InChI is InChI=1S/C22H20N4O4S2/c1-5-8-26-20(28)17-11(2)12(3)32-19(17)25-22(26)31-10-16-23-15-9-13(21(29)30-4)6-7-14(15)18(27)24-16/h5-7,9H,1,8,10H2,2-4H3,(H,23,24,27). The molecule has 4 aromatic rings. The van der Waals surface area contributed by atoms with Crippen molar-refractivity contribution in [2.24, 2.45) is 0 Å². The lowest BCUT2D eigenvalue weighted by atomic mass is 10.1. The second-order valence-corrected chi connectivity index (χ2v) is 9.23. The van der Waals surface area contributed by atoms with Crippen molar-refractivity contribution in [3.05, 3.63) is 73.4 Å². The molecule has 3 aromatic heterocycles. The number of rotatable bonds is 6. The van der Waals surface area contributed by atoms with E-state index < -0.39 is 5.97 Å². The predicted molar refractivity (Wildman–Crippen MR) is 127 cm³/mol. The molecule has 1 aromatic carbocycles. The molecule has 0 atom stereocenters. The number of methoxy groups -OCH3 is 1. The van der Waals surface area contributed by atoms with Gasteiger partial charge in [0.25, 0.3) is 11.1 Å². The van der Waals surface area contributed by atoms with Gasteiger partial charge in [0, 0.05) is 11.4 Å². The van der Waals surface area contributed by atoms with Gasteiger partial charge in [0.05, 0.1) is 34.7 Å². The molecule has 0 fully saturated rings.